The van der Waals surface area contributed by atoms with E-state index in [1.807, 2.05) is 6.07 Å². The van der Waals surface area contributed by atoms with Crippen molar-refractivity contribution in [3.63, 3.8) is 0 Å². The Morgan fingerprint density at radius 2 is 2.08 bits per heavy atom. The lowest BCUT2D eigenvalue weighted by atomic mass is 10.1. The predicted octanol–water partition coefficient (Wildman–Crippen LogP) is 3.60. The summed E-state index contributed by atoms with van der Waals surface area (Å²) in [5.41, 5.74) is 3.70. The molecule has 0 spiro atoms. The standard InChI is InChI=1S/C20H30N4O.HI/c1-6-21-20(24(4)15-18-8-7-13-23(18)3)22-12-11-17-14-16(2)9-10-19(17)25-5;/h7-10,13-14H,6,11-12,15H2,1-5H3,(H,21,22);1H. The van der Waals surface area contributed by atoms with Crippen LogP contribution < -0.4 is 10.1 Å². The van der Waals surface area contributed by atoms with Gasteiger partial charge in [-0.15, -0.1) is 24.0 Å². The SMILES string of the molecule is CCNC(=NCCc1cc(C)ccc1OC)N(C)Cc1cccn1C.I. The third kappa shape index (κ3) is 6.23. The first-order valence-corrected chi connectivity index (χ1v) is 8.78. The van der Waals surface area contributed by atoms with Gasteiger partial charge in [0.15, 0.2) is 5.96 Å². The molecular weight excluding hydrogens is 439 g/mol. The zero-order chi connectivity index (χ0) is 18.2. The molecule has 2 aromatic rings. The number of hydrogen-bond acceptors (Lipinski definition) is 2. The number of methoxy groups -OCH3 is 1. The van der Waals surface area contributed by atoms with Gasteiger partial charge < -0.3 is 19.5 Å². The summed E-state index contributed by atoms with van der Waals surface area (Å²) in [4.78, 5) is 6.95. The second-order valence-corrected chi connectivity index (χ2v) is 6.27. The van der Waals surface area contributed by atoms with Crippen LogP contribution in [0.4, 0.5) is 0 Å². The van der Waals surface area contributed by atoms with Crippen molar-refractivity contribution in [3.8, 4) is 5.75 Å². The molecule has 0 aliphatic heterocycles. The average Bonchev–Trinajstić information content (AvgIpc) is 2.99. The van der Waals surface area contributed by atoms with Crippen LogP contribution in [0.15, 0.2) is 41.5 Å². The van der Waals surface area contributed by atoms with Gasteiger partial charge in [0, 0.05) is 39.1 Å². The van der Waals surface area contributed by atoms with Crippen LogP contribution in [0.1, 0.15) is 23.7 Å². The monoisotopic (exact) mass is 470 g/mol. The first-order chi connectivity index (χ1) is 12.0. The number of aliphatic imine (C=N–C) groups is 1. The lowest BCUT2D eigenvalue weighted by molar-refractivity contribution is 0.409. The molecule has 0 aliphatic carbocycles. The van der Waals surface area contributed by atoms with Crippen LogP contribution in [-0.4, -0.2) is 42.7 Å². The fourth-order valence-corrected chi connectivity index (χ4v) is 2.83. The van der Waals surface area contributed by atoms with E-state index in [9.17, 15) is 0 Å². The van der Waals surface area contributed by atoms with Gasteiger partial charge in [-0.1, -0.05) is 17.7 Å². The molecule has 0 saturated carbocycles. The molecule has 26 heavy (non-hydrogen) atoms. The van der Waals surface area contributed by atoms with Crippen molar-refractivity contribution in [2.45, 2.75) is 26.8 Å². The lowest BCUT2D eigenvalue weighted by Crippen LogP contribution is -2.39. The lowest BCUT2D eigenvalue weighted by Gasteiger charge is -2.22. The maximum absolute atomic E-state index is 5.46. The number of nitrogens with one attached hydrogen (secondary N) is 1. The Morgan fingerprint density at radius 3 is 2.69 bits per heavy atom. The van der Waals surface area contributed by atoms with Gasteiger partial charge in [-0.2, -0.15) is 0 Å². The maximum Gasteiger partial charge on any atom is 0.194 e. The zero-order valence-corrected chi connectivity index (χ0v) is 18.8. The summed E-state index contributed by atoms with van der Waals surface area (Å²) in [6, 6.07) is 10.5. The summed E-state index contributed by atoms with van der Waals surface area (Å²) in [6.45, 7) is 6.59. The van der Waals surface area contributed by atoms with Crippen LogP contribution in [0.3, 0.4) is 0 Å². The highest BCUT2D eigenvalue weighted by Gasteiger charge is 2.09. The number of benzene rings is 1. The molecule has 0 unspecified atom stereocenters. The van der Waals surface area contributed by atoms with Crippen molar-refractivity contribution in [2.24, 2.45) is 12.0 Å². The van der Waals surface area contributed by atoms with Crippen molar-refractivity contribution in [1.82, 2.24) is 14.8 Å². The molecule has 6 heteroatoms. The number of aromatic nitrogens is 1. The minimum absolute atomic E-state index is 0. The Morgan fingerprint density at radius 1 is 1.31 bits per heavy atom. The van der Waals surface area contributed by atoms with E-state index in [0.717, 1.165) is 37.8 Å². The van der Waals surface area contributed by atoms with Crippen LogP contribution in [0, 0.1) is 6.92 Å². The molecule has 2 rings (SSSR count). The van der Waals surface area contributed by atoms with Crippen molar-refractivity contribution < 1.29 is 4.74 Å². The first kappa shape index (κ1) is 22.3. The van der Waals surface area contributed by atoms with Gasteiger partial charge in [0.2, 0.25) is 0 Å². The molecule has 0 fully saturated rings. The van der Waals surface area contributed by atoms with Gasteiger partial charge >= 0.3 is 0 Å². The minimum Gasteiger partial charge on any atom is -0.496 e. The molecule has 5 nitrogen and oxygen atoms in total. The molecule has 1 N–H and O–H groups in total. The second kappa shape index (κ2) is 11.1. The smallest absolute Gasteiger partial charge is 0.194 e. The molecule has 0 aliphatic rings. The number of nitrogens with zero attached hydrogens (tertiary/aromatic N) is 3. The number of guanidine groups is 1. The van der Waals surface area contributed by atoms with Gasteiger partial charge in [0.25, 0.3) is 0 Å². The van der Waals surface area contributed by atoms with Crippen molar-refractivity contribution in [2.75, 3.05) is 27.2 Å². The quantitative estimate of drug-likeness (QED) is 0.382. The third-order valence-corrected chi connectivity index (χ3v) is 4.23. The second-order valence-electron chi connectivity index (χ2n) is 6.27. The molecule has 0 bridgehead atoms. The summed E-state index contributed by atoms with van der Waals surface area (Å²) < 4.78 is 7.60. The van der Waals surface area contributed by atoms with Crippen molar-refractivity contribution in [3.05, 3.63) is 53.3 Å². The number of hydrogen-bond donors (Lipinski definition) is 1. The van der Waals surface area contributed by atoms with Crippen molar-refractivity contribution in [1.29, 1.82) is 0 Å². The summed E-state index contributed by atoms with van der Waals surface area (Å²) in [5, 5.41) is 3.38. The van der Waals surface area contributed by atoms with Crippen LogP contribution in [0.5, 0.6) is 5.75 Å². The van der Waals surface area contributed by atoms with E-state index >= 15 is 0 Å². The number of aryl methyl sites for hydroxylation is 2. The fourth-order valence-electron chi connectivity index (χ4n) is 2.83. The van der Waals surface area contributed by atoms with E-state index in [1.165, 1.54) is 16.8 Å². The van der Waals surface area contributed by atoms with Gasteiger partial charge in [-0.3, -0.25) is 4.99 Å². The molecule has 0 amide bonds. The number of halogens is 1. The highest BCUT2D eigenvalue weighted by atomic mass is 127. The van der Waals surface area contributed by atoms with Crippen molar-refractivity contribution >= 4 is 29.9 Å². The average molecular weight is 470 g/mol. The van der Waals surface area contributed by atoms with E-state index in [1.54, 1.807) is 7.11 Å². The molecule has 1 heterocycles. The maximum atomic E-state index is 5.46. The van der Waals surface area contributed by atoms with E-state index in [0.29, 0.717) is 0 Å². The largest absolute Gasteiger partial charge is 0.496 e. The molecule has 1 aromatic carbocycles. The van der Waals surface area contributed by atoms with E-state index in [4.69, 9.17) is 9.73 Å². The Kier molecular flexibility index (Phi) is 9.54. The summed E-state index contributed by atoms with van der Waals surface area (Å²) in [5.74, 6) is 1.86. The zero-order valence-electron chi connectivity index (χ0n) is 16.5. The Hall–Kier alpha value is -1.70. The van der Waals surface area contributed by atoms with Crippen LogP contribution >= 0.6 is 24.0 Å². The van der Waals surface area contributed by atoms with Crippen LogP contribution in [0.2, 0.25) is 0 Å². The molecule has 0 atom stereocenters. The molecule has 144 valence electrons. The molecule has 0 radical (unpaired) electrons. The molecule has 1 aromatic heterocycles. The van der Waals surface area contributed by atoms with Gasteiger partial charge in [0.05, 0.1) is 13.7 Å². The third-order valence-electron chi connectivity index (χ3n) is 4.23. The molecule has 0 saturated heterocycles. The van der Waals surface area contributed by atoms with Gasteiger partial charge in [-0.25, -0.2) is 0 Å². The van der Waals surface area contributed by atoms with E-state index in [-0.39, 0.29) is 24.0 Å². The highest BCUT2D eigenvalue weighted by molar-refractivity contribution is 14.0. The van der Waals surface area contributed by atoms with E-state index < -0.39 is 0 Å². The number of rotatable bonds is 7. The predicted molar refractivity (Wildman–Crippen MR) is 120 cm³/mol. The van der Waals surface area contributed by atoms with E-state index in [2.05, 4.69) is 73.2 Å². The summed E-state index contributed by atoms with van der Waals surface area (Å²) >= 11 is 0. The Balaban J connectivity index is 0.00000338. The fraction of sp³-hybridized carbons (Fsp3) is 0.450. The summed E-state index contributed by atoms with van der Waals surface area (Å²) in [7, 11) is 5.86. The topological polar surface area (TPSA) is 41.8 Å². The normalized spacial score (nSPS) is 11.0. The minimum atomic E-state index is 0. The summed E-state index contributed by atoms with van der Waals surface area (Å²) in [6.07, 6.45) is 2.93. The first-order valence-electron chi connectivity index (χ1n) is 8.78. The Labute approximate surface area is 174 Å². The number of ether oxygens (including phenoxy) is 1. The van der Waals surface area contributed by atoms with Crippen LogP contribution in [-0.2, 0) is 20.0 Å². The van der Waals surface area contributed by atoms with Gasteiger partial charge in [-0.05, 0) is 44.0 Å². The van der Waals surface area contributed by atoms with Crippen LogP contribution in [0.25, 0.3) is 0 Å². The molecular formula is C20H31IN4O. The highest BCUT2D eigenvalue weighted by Crippen LogP contribution is 2.20. The Bertz CT molecular complexity index is 712. The van der Waals surface area contributed by atoms with Gasteiger partial charge in [0.1, 0.15) is 5.75 Å².